The maximum atomic E-state index is 2.41. The molecular formula is C12H21P. The van der Waals surface area contributed by atoms with Crippen LogP contribution in [0.3, 0.4) is 0 Å². The van der Waals surface area contributed by atoms with Gasteiger partial charge in [0.2, 0.25) is 0 Å². The number of allylic oxidation sites excluding steroid dienone is 4. The molecule has 0 aliphatic heterocycles. The largest absolute Gasteiger partial charge is 0.0903 e. The summed E-state index contributed by atoms with van der Waals surface area (Å²) >= 11 is 0. The van der Waals surface area contributed by atoms with Gasteiger partial charge in [-0.25, -0.2) is 0 Å². The quantitative estimate of drug-likeness (QED) is 0.436. The van der Waals surface area contributed by atoms with E-state index in [-0.39, 0.29) is 7.92 Å². The first-order valence-electron chi connectivity index (χ1n) is 4.95. The fourth-order valence-electron chi connectivity index (χ4n) is 1.69. The van der Waals surface area contributed by atoms with Gasteiger partial charge in [-0.3, -0.25) is 0 Å². The Balaban J connectivity index is 2.86. The van der Waals surface area contributed by atoms with Crippen LogP contribution in [0.2, 0.25) is 0 Å². The first-order chi connectivity index (χ1) is 5.86. The minimum Gasteiger partial charge on any atom is -0.0903 e. The summed E-state index contributed by atoms with van der Waals surface area (Å²) in [4.78, 5) is 0. The molecule has 13 heavy (non-hydrogen) atoms. The van der Waals surface area contributed by atoms with E-state index < -0.39 is 0 Å². The predicted molar refractivity (Wildman–Crippen MR) is 63.9 cm³/mol. The van der Waals surface area contributed by atoms with Crippen molar-refractivity contribution in [2.75, 3.05) is 6.66 Å². The molecule has 0 aromatic rings. The minimum absolute atomic E-state index is 0.00457. The standard InChI is InChI=1S/C12H21P/c1-11(2,3)13(5)12(4)9-7-6-8-10-12/h7-10H,6H2,1-5H3. The minimum atomic E-state index is 0.00457. The maximum absolute atomic E-state index is 2.41. The SMILES string of the molecule is CP(C(C)(C)C)C1(C)C=CCC=C1. The van der Waals surface area contributed by atoms with Crippen LogP contribution in [-0.2, 0) is 0 Å². The molecule has 0 nitrogen and oxygen atoms in total. The van der Waals surface area contributed by atoms with E-state index in [0.717, 1.165) is 6.42 Å². The molecule has 0 heterocycles. The molecule has 0 amide bonds. The van der Waals surface area contributed by atoms with Crippen molar-refractivity contribution in [1.29, 1.82) is 0 Å². The van der Waals surface area contributed by atoms with Crippen molar-refractivity contribution >= 4 is 7.92 Å². The Morgan fingerprint density at radius 3 is 2.00 bits per heavy atom. The molecule has 1 heteroatoms. The van der Waals surface area contributed by atoms with E-state index in [2.05, 4.69) is 58.7 Å². The van der Waals surface area contributed by atoms with Crippen molar-refractivity contribution in [3.63, 3.8) is 0 Å². The second-order valence-electron chi connectivity index (χ2n) is 5.00. The summed E-state index contributed by atoms with van der Waals surface area (Å²) < 4.78 is 0. The van der Waals surface area contributed by atoms with Crippen LogP contribution in [0.25, 0.3) is 0 Å². The lowest BCUT2D eigenvalue weighted by Gasteiger charge is -2.41. The lowest BCUT2D eigenvalue weighted by atomic mass is 10.1. The van der Waals surface area contributed by atoms with Crippen LogP contribution < -0.4 is 0 Å². The van der Waals surface area contributed by atoms with Crippen molar-refractivity contribution in [1.82, 2.24) is 0 Å². The van der Waals surface area contributed by atoms with E-state index in [4.69, 9.17) is 0 Å². The number of rotatable bonds is 1. The van der Waals surface area contributed by atoms with Crippen LogP contribution in [0.4, 0.5) is 0 Å². The zero-order valence-electron chi connectivity index (χ0n) is 9.46. The molecule has 0 bridgehead atoms. The topological polar surface area (TPSA) is 0 Å². The Morgan fingerprint density at radius 2 is 1.62 bits per heavy atom. The lowest BCUT2D eigenvalue weighted by molar-refractivity contribution is 0.759. The fraction of sp³-hybridized carbons (Fsp3) is 0.667. The lowest BCUT2D eigenvalue weighted by Crippen LogP contribution is -2.27. The summed E-state index contributed by atoms with van der Waals surface area (Å²) in [5, 5.41) is 0.766. The van der Waals surface area contributed by atoms with E-state index in [1.165, 1.54) is 0 Å². The monoisotopic (exact) mass is 196 g/mol. The van der Waals surface area contributed by atoms with Gasteiger partial charge in [0.25, 0.3) is 0 Å². The predicted octanol–water partition coefficient (Wildman–Crippen LogP) is 4.17. The van der Waals surface area contributed by atoms with E-state index in [1.54, 1.807) is 0 Å². The smallest absolute Gasteiger partial charge is 0.0236 e. The first kappa shape index (κ1) is 11.0. The third-order valence-corrected chi connectivity index (χ3v) is 6.67. The van der Waals surface area contributed by atoms with Gasteiger partial charge in [-0.2, -0.15) is 0 Å². The summed E-state index contributed by atoms with van der Waals surface area (Å²) in [7, 11) is 0.00457. The van der Waals surface area contributed by atoms with E-state index >= 15 is 0 Å². The second-order valence-corrected chi connectivity index (χ2v) is 8.42. The molecule has 0 spiro atoms. The molecule has 1 rings (SSSR count). The Morgan fingerprint density at radius 1 is 1.15 bits per heavy atom. The van der Waals surface area contributed by atoms with Crippen molar-refractivity contribution in [3.05, 3.63) is 24.3 Å². The van der Waals surface area contributed by atoms with Gasteiger partial charge in [-0.15, -0.1) is 0 Å². The van der Waals surface area contributed by atoms with Crippen LogP contribution in [0.5, 0.6) is 0 Å². The molecule has 1 aliphatic carbocycles. The maximum Gasteiger partial charge on any atom is 0.0236 e. The molecule has 0 fully saturated rings. The molecule has 0 aromatic carbocycles. The molecule has 0 aromatic heterocycles. The van der Waals surface area contributed by atoms with Gasteiger partial charge in [0, 0.05) is 5.16 Å². The Hall–Kier alpha value is -0.0900. The highest BCUT2D eigenvalue weighted by Crippen LogP contribution is 2.58. The van der Waals surface area contributed by atoms with Crippen LogP contribution in [-0.4, -0.2) is 17.0 Å². The molecule has 74 valence electrons. The molecule has 1 aliphatic rings. The van der Waals surface area contributed by atoms with Gasteiger partial charge in [0.1, 0.15) is 0 Å². The number of hydrogen-bond donors (Lipinski definition) is 0. The van der Waals surface area contributed by atoms with Gasteiger partial charge in [-0.1, -0.05) is 53.0 Å². The number of hydrogen-bond acceptors (Lipinski definition) is 0. The molecule has 1 atom stereocenters. The van der Waals surface area contributed by atoms with Crippen molar-refractivity contribution in [2.45, 2.75) is 44.4 Å². The molecular weight excluding hydrogens is 175 g/mol. The molecule has 0 radical (unpaired) electrons. The van der Waals surface area contributed by atoms with E-state index in [1.807, 2.05) is 0 Å². The molecule has 0 N–H and O–H groups in total. The Kier molecular flexibility index (Phi) is 3.02. The first-order valence-corrected chi connectivity index (χ1v) is 6.74. The summed E-state index contributed by atoms with van der Waals surface area (Å²) in [5.41, 5.74) is 0. The molecule has 1 unspecified atom stereocenters. The van der Waals surface area contributed by atoms with E-state index in [9.17, 15) is 0 Å². The van der Waals surface area contributed by atoms with Gasteiger partial charge in [0.05, 0.1) is 0 Å². The molecule has 0 saturated heterocycles. The van der Waals surface area contributed by atoms with Crippen molar-refractivity contribution in [3.8, 4) is 0 Å². The van der Waals surface area contributed by atoms with Gasteiger partial charge in [0.15, 0.2) is 0 Å². The van der Waals surface area contributed by atoms with Crippen LogP contribution in [0.15, 0.2) is 24.3 Å². The summed E-state index contributed by atoms with van der Waals surface area (Å²) in [5.74, 6) is 0. The van der Waals surface area contributed by atoms with Crippen molar-refractivity contribution < 1.29 is 0 Å². The Bertz CT molecular complexity index is 218. The summed E-state index contributed by atoms with van der Waals surface area (Å²) in [6.45, 7) is 11.8. The zero-order chi connectivity index (χ0) is 10.1. The summed E-state index contributed by atoms with van der Waals surface area (Å²) in [6, 6.07) is 0. The average molecular weight is 196 g/mol. The highest BCUT2D eigenvalue weighted by Gasteiger charge is 2.34. The highest BCUT2D eigenvalue weighted by atomic mass is 31.1. The van der Waals surface area contributed by atoms with Gasteiger partial charge >= 0.3 is 0 Å². The fourth-order valence-corrected chi connectivity index (χ4v) is 3.80. The van der Waals surface area contributed by atoms with Gasteiger partial charge < -0.3 is 0 Å². The Labute approximate surface area is 83.9 Å². The molecule has 0 saturated carbocycles. The van der Waals surface area contributed by atoms with Crippen LogP contribution >= 0.6 is 7.92 Å². The third kappa shape index (κ3) is 2.44. The second kappa shape index (κ2) is 3.58. The van der Waals surface area contributed by atoms with Crippen LogP contribution in [0.1, 0.15) is 34.1 Å². The normalized spacial score (nSPS) is 23.2. The van der Waals surface area contributed by atoms with Crippen molar-refractivity contribution in [2.24, 2.45) is 0 Å². The van der Waals surface area contributed by atoms with Gasteiger partial charge in [-0.05, 0) is 25.2 Å². The van der Waals surface area contributed by atoms with E-state index in [0.29, 0.717) is 10.3 Å². The zero-order valence-corrected chi connectivity index (χ0v) is 10.4. The summed E-state index contributed by atoms with van der Waals surface area (Å²) in [6.07, 6.45) is 10.5. The van der Waals surface area contributed by atoms with Crippen LogP contribution in [0, 0.1) is 0 Å². The third-order valence-electron chi connectivity index (χ3n) is 2.91. The average Bonchev–Trinajstić information content (AvgIpc) is 2.03. The highest BCUT2D eigenvalue weighted by molar-refractivity contribution is 7.60.